The van der Waals surface area contributed by atoms with Crippen LogP contribution in [0, 0.1) is 5.92 Å². The summed E-state index contributed by atoms with van der Waals surface area (Å²) in [6.07, 6.45) is 1.41. The van der Waals surface area contributed by atoms with Gasteiger partial charge >= 0.3 is 0 Å². The van der Waals surface area contributed by atoms with Crippen LogP contribution in [0.3, 0.4) is 0 Å². The topological polar surface area (TPSA) is 72.7 Å². The van der Waals surface area contributed by atoms with Crippen molar-refractivity contribution in [3.8, 4) is 0 Å². The van der Waals surface area contributed by atoms with Crippen LogP contribution < -0.4 is 5.32 Å². The summed E-state index contributed by atoms with van der Waals surface area (Å²) >= 11 is 0. The molecule has 15 heavy (non-hydrogen) atoms. The highest BCUT2D eigenvalue weighted by Gasteiger charge is 2.10. The lowest BCUT2D eigenvalue weighted by molar-refractivity contribution is -0.116. The number of carbonyl (C=O) groups excluding carboxylic acids is 1. The molecule has 0 aliphatic rings. The molecule has 1 aromatic rings. The third kappa shape index (κ3) is 3.65. The van der Waals surface area contributed by atoms with E-state index in [2.05, 4.69) is 20.8 Å². The molecule has 1 heterocycles. The minimum Gasteiger partial charge on any atom is -0.293 e. The van der Waals surface area contributed by atoms with Crippen LogP contribution in [0.15, 0.2) is 0 Å². The van der Waals surface area contributed by atoms with Gasteiger partial charge in [-0.1, -0.05) is 25.9 Å². The third-order valence-corrected chi connectivity index (χ3v) is 1.81. The fourth-order valence-electron chi connectivity index (χ4n) is 1.20. The van der Waals surface area contributed by atoms with Gasteiger partial charge in [0.25, 0.3) is 0 Å². The molecule has 0 saturated heterocycles. The lowest BCUT2D eigenvalue weighted by atomic mass is 10.1. The monoisotopic (exact) mass is 211 g/mol. The molecule has 0 aromatic carbocycles. The molecule has 0 saturated carbocycles. The van der Waals surface area contributed by atoms with Crippen molar-refractivity contribution in [2.24, 2.45) is 5.92 Å². The maximum atomic E-state index is 11.5. The lowest BCUT2D eigenvalue weighted by Crippen LogP contribution is -2.17. The maximum absolute atomic E-state index is 11.5. The largest absolute Gasteiger partial charge is 0.293 e. The van der Waals surface area contributed by atoms with Crippen LogP contribution in [-0.4, -0.2) is 26.1 Å². The number of carbonyl (C=O) groups is 1. The summed E-state index contributed by atoms with van der Waals surface area (Å²) in [5.41, 5.74) is 0. The SMILES string of the molecule is CCCn1nnnc1NC(=O)CC(C)C. The molecule has 1 amide bonds. The van der Waals surface area contributed by atoms with Crippen molar-refractivity contribution in [3.63, 3.8) is 0 Å². The molecule has 6 nitrogen and oxygen atoms in total. The zero-order valence-corrected chi connectivity index (χ0v) is 9.40. The van der Waals surface area contributed by atoms with E-state index in [9.17, 15) is 4.79 Å². The maximum Gasteiger partial charge on any atom is 0.249 e. The smallest absolute Gasteiger partial charge is 0.249 e. The normalized spacial score (nSPS) is 10.7. The van der Waals surface area contributed by atoms with E-state index in [-0.39, 0.29) is 5.91 Å². The Morgan fingerprint density at radius 3 is 2.87 bits per heavy atom. The second-order valence-corrected chi connectivity index (χ2v) is 3.87. The molecule has 0 spiro atoms. The van der Waals surface area contributed by atoms with Gasteiger partial charge in [0.05, 0.1) is 0 Å². The molecular weight excluding hydrogens is 194 g/mol. The molecule has 6 heteroatoms. The zero-order valence-electron chi connectivity index (χ0n) is 9.40. The van der Waals surface area contributed by atoms with Gasteiger partial charge in [-0.3, -0.25) is 10.1 Å². The zero-order chi connectivity index (χ0) is 11.3. The van der Waals surface area contributed by atoms with Crippen molar-refractivity contribution in [2.75, 3.05) is 5.32 Å². The summed E-state index contributed by atoms with van der Waals surface area (Å²) in [5, 5.41) is 13.7. The van der Waals surface area contributed by atoms with Crippen molar-refractivity contribution < 1.29 is 4.79 Å². The molecule has 1 aromatic heterocycles. The summed E-state index contributed by atoms with van der Waals surface area (Å²) in [4.78, 5) is 11.5. The van der Waals surface area contributed by atoms with Crippen LogP contribution in [0.2, 0.25) is 0 Å². The summed E-state index contributed by atoms with van der Waals surface area (Å²) in [6, 6.07) is 0. The second-order valence-electron chi connectivity index (χ2n) is 3.87. The van der Waals surface area contributed by atoms with E-state index < -0.39 is 0 Å². The van der Waals surface area contributed by atoms with Crippen LogP contribution in [0.4, 0.5) is 5.95 Å². The first-order valence-corrected chi connectivity index (χ1v) is 5.19. The number of aromatic nitrogens is 4. The summed E-state index contributed by atoms with van der Waals surface area (Å²) < 4.78 is 1.60. The Morgan fingerprint density at radius 2 is 2.27 bits per heavy atom. The minimum atomic E-state index is -0.0443. The predicted octanol–water partition coefficient (Wildman–Crippen LogP) is 1.07. The van der Waals surface area contributed by atoms with E-state index in [1.807, 2.05) is 20.8 Å². The first-order valence-electron chi connectivity index (χ1n) is 5.19. The standard InChI is InChI=1S/C9H17N5O/c1-4-5-14-9(11-12-13-14)10-8(15)6-7(2)3/h7H,4-6H2,1-3H3,(H,10,11,13,15). The van der Waals surface area contributed by atoms with E-state index in [0.717, 1.165) is 6.42 Å². The van der Waals surface area contributed by atoms with Gasteiger partial charge in [-0.2, -0.15) is 0 Å². The Morgan fingerprint density at radius 1 is 1.53 bits per heavy atom. The van der Waals surface area contributed by atoms with Gasteiger partial charge < -0.3 is 0 Å². The quantitative estimate of drug-likeness (QED) is 0.790. The van der Waals surface area contributed by atoms with Gasteiger partial charge in [-0.15, -0.1) is 0 Å². The van der Waals surface area contributed by atoms with Gasteiger partial charge in [0, 0.05) is 13.0 Å². The fourth-order valence-corrected chi connectivity index (χ4v) is 1.20. The van der Waals surface area contributed by atoms with E-state index in [1.54, 1.807) is 4.68 Å². The molecule has 0 aliphatic heterocycles. The molecule has 0 atom stereocenters. The number of nitrogens with zero attached hydrogens (tertiary/aromatic N) is 4. The van der Waals surface area contributed by atoms with Crippen LogP contribution >= 0.6 is 0 Å². The molecule has 0 aliphatic carbocycles. The summed E-state index contributed by atoms with van der Waals surface area (Å²) in [6.45, 7) is 6.73. The van der Waals surface area contributed by atoms with Crippen LogP contribution in [0.5, 0.6) is 0 Å². The number of hydrogen-bond acceptors (Lipinski definition) is 4. The number of anilines is 1. The average Bonchev–Trinajstić information content (AvgIpc) is 2.52. The second kappa shape index (κ2) is 5.43. The number of rotatable bonds is 5. The minimum absolute atomic E-state index is 0.0443. The highest BCUT2D eigenvalue weighted by molar-refractivity contribution is 5.88. The number of tetrazole rings is 1. The van der Waals surface area contributed by atoms with Crippen LogP contribution in [0.1, 0.15) is 33.6 Å². The van der Waals surface area contributed by atoms with Gasteiger partial charge in [0.1, 0.15) is 0 Å². The van der Waals surface area contributed by atoms with E-state index in [0.29, 0.717) is 24.8 Å². The Kier molecular flexibility index (Phi) is 4.20. The highest BCUT2D eigenvalue weighted by Crippen LogP contribution is 2.04. The summed E-state index contributed by atoms with van der Waals surface area (Å²) in [7, 11) is 0. The Labute approximate surface area is 89.0 Å². The number of aryl methyl sites for hydroxylation is 1. The molecule has 1 rings (SSSR count). The van der Waals surface area contributed by atoms with Crippen molar-refractivity contribution in [3.05, 3.63) is 0 Å². The molecule has 84 valence electrons. The number of amides is 1. The third-order valence-electron chi connectivity index (χ3n) is 1.81. The van der Waals surface area contributed by atoms with Gasteiger partial charge in [-0.05, 0) is 22.8 Å². The van der Waals surface area contributed by atoms with Gasteiger partial charge in [0.2, 0.25) is 11.9 Å². The molecule has 1 N–H and O–H groups in total. The van der Waals surface area contributed by atoms with Crippen molar-refractivity contribution in [1.82, 2.24) is 20.2 Å². The van der Waals surface area contributed by atoms with E-state index in [4.69, 9.17) is 0 Å². The van der Waals surface area contributed by atoms with Gasteiger partial charge in [0.15, 0.2) is 0 Å². The van der Waals surface area contributed by atoms with E-state index >= 15 is 0 Å². The lowest BCUT2D eigenvalue weighted by Gasteiger charge is -2.06. The molecule has 0 fully saturated rings. The highest BCUT2D eigenvalue weighted by atomic mass is 16.1. The fraction of sp³-hybridized carbons (Fsp3) is 0.778. The summed E-state index contributed by atoms with van der Waals surface area (Å²) in [5.74, 6) is 0.722. The molecule has 0 bridgehead atoms. The Hall–Kier alpha value is -1.46. The predicted molar refractivity (Wildman–Crippen MR) is 56.2 cm³/mol. The number of nitrogens with one attached hydrogen (secondary N) is 1. The van der Waals surface area contributed by atoms with Crippen molar-refractivity contribution in [2.45, 2.75) is 40.2 Å². The van der Waals surface area contributed by atoms with Crippen LogP contribution in [0.25, 0.3) is 0 Å². The average molecular weight is 211 g/mol. The van der Waals surface area contributed by atoms with Crippen molar-refractivity contribution in [1.29, 1.82) is 0 Å². The Balaban J connectivity index is 2.55. The molecule has 0 radical (unpaired) electrons. The van der Waals surface area contributed by atoms with Crippen LogP contribution in [-0.2, 0) is 11.3 Å². The Bertz CT molecular complexity index is 320. The number of hydrogen-bond donors (Lipinski definition) is 1. The van der Waals surface area contributed by atoms with Gasteiger partial charge in [-0.25, -0.2) is 4.68 Å². The van der Waals surface area contributed by atoms with E-state index in [1.165, 1.54) is 0 Å². The molecular formula is C9H17N5O. The first-order chi connectivity index (χ1) is 7.13. The molecule has 0 unspecified atom stereocenters. The first kappa shape index (κ1) is 11.6. The van der Waals surface area contributed by atoms with Crippen molar-refractivity contribution >= 4 is 11.9 Å².